The first-order valence-corrected chi connectivity index (χ1v) is 9.20. The van der Waals surface area contributed by atoms with E-state index in [2.05, 4.69) is 28.4 Å². The standard InChI is InChI=1S/C21H17N7O/c1-13-3-8-17-18(9-13)27-20(14-4-6-15(29-2)7-5-14)16(10-22)19(11-23)28(27)21-25-24-12-26(17)21/h3-9,12,16,19-20H,1-2H3/t16-,19-,20+/m1/s1. The minimum atomic E-state index is -0.691. The van der Waals surface area contributed by atoms with E-state index < -0.39 is 12.0 Å². The number of hydrogen-bond acceptors (Lipinski definition) is 7. The first kappa shape index (κ1) is 17.1. The van der Waals surface area contributed by atoms with Crippen LogP contribution in [0.15, 0.2) is 48.8 Å². The highest BCUT2D eigenvalue weighted by Crippen LogP contribution is 2.50. The van der Waals surface area contributed by atoms with Gasteiger partial charge in [0.25, 0.3) is 5.95 Å². The molecule has 1 fully saturated rings. The number of hydrazine groups is 1. The summed E-state index contributed by atoms with van der Waals surface area (Å²) in [5.74, 6) is 0.692. The Morgan fingerprint density at radius 3 is 2.48 bits per heavy atom. The van der Waals surface area contributed by atoms with Gasteiger partial charge in [0.1, 0.15) is 18.0 Å². The third-order valence-corrected chi connectivity index (χ3v) is 5.55. The number of nitrogens with zero attached hydrogens (tertiary/aromatic N) is 7. The zero-order valence-electron chi connectivity index (χ0n) is 15.9. The lowest BCUT2D eigenvalue weighted by Crippen LogP contribution is -2.46. The molecule has 0 aliphatic carbocycles. The molecule has 3 heterocycles. The maximum atomic E-state index is 10.0. The molecule has 0 spiro atoms. The molecular formula is C21H17N7O. The minimum absolute atomic E-state index is 0.346. The molecule has 0 unspecified atom stereocenters. The fourth-order valence-corrected chi connectivity index (χ4v) is 4.23. The van der Waals surface area contributed by atoms with Crippen molar-refractivity contribution in [2.75, 3.05) is 17.1 Å². The van der Waals surface area contributed by atoms with Crippen LogP contribution in [0.5, 0.6) is 5.75 Å². The van der Waals surface area contributed by atoms with Gasteiger partial charge in [-0.1, -0.05) is 18.2 Å². The van der Waals surface area contributed by atoms with Crippen LogP contribution >= 0.6 is 0 Å². The van der Waals surface area contributed by atoms with Crippen molar-refractivity contribution in [1.82, 2.24) is 14.8 Å². The van der Waals surface area contributed by atoms with Gasteiger partial charge in [-0.15, -0.1) is 10.2 Å². The Labute approximate surface area is 167 Å². The first-order chi connectivity index (χ1) is 14.2. The van der Waals surface area contributed by atoms with E-state index in [0.717, 1.165) is 28.3 Å². The Hall–Kier alpha value is -4.04. The fraction of sp³-hybridized carbons (Fsp3) is 0.238. The number of benzene rings is 2. The van der Waals surface area contributed by atoms with E-state index >= 15 is 0 Å². The summed E-state index contributed by atoms with van der Waals surface area (Å²) in [5.41, 5.74) is 3.85. The normalized spacial score (nSPS) is 21.6. The quantitative estimate of drug-likeness (QED) is 0.671. The average molecular weight is 383 g/mol. The van der Waals surface area contributed by atoms with Crippen molar-refractivity contribution in [1.29, 1.82) is 10.5 Å². The minimum Gasteiger partial charge on any atom is -0.497 e. The van der Waals surface area contributed by atoms with E-state index in [-0.39, 0.29) is 6.04 Å². The molecule has 0 radical (unpaired) electrons. The van der Waals surface area contributed by atoms with Crippen LogP contribution in [-0.4, -0.2) is 27.9 Å². The SMILES string of the molecule is COc1ccc([C@H]2[C@H](C#N)[C@@H](C#N)N3c4nncn4-c4ccc(C)cc4N23)cc1. The van der Waals surface area contributed by atoms with Gasteiger partial charge in [0, 0.05) is 0 Å². The molecule has 29 heavy (non-hydrogen) atoms. The van der Waals surface area contributed by atoms with Crippen molar-refractivity contribution >= 4 is 11.6 Å². The number of rotatable bonds is 2. The van der Waals surface area contributed by atoms with Gasteiger partial charge in [-0.05, 0) is 42.3 Å². The van der Waals surface area contributed by atoms with Crippen molar-refractivity contribution in [3.63, 3.8) is 0 Å². The van der Waals surface area contributed by atoms with Crippen LogP contribution in [0.2, 0.25) is 0 Å². The van der Waals surface area contributed by atoms with Gasteiger partial charge < -0.3 is 4.74 Å². The van der Waals surface area contributed by atoms with Crippen molar-refractivity contribution in [2.45, 2.75) is 19.0 Å². The highest BCUT2D eigenvalue weighted by Gasteiger charge is 2.53. The summed E-state index contributed by atoms with van der Waals surface area (Å²) < 4.78 is 7.14. The zero-order valence-corrected chi connectivity index (χ0v) is 15.9. The second-order valence-electron chi connectivity index (χ2n) is 7.13. The van der Waals surface area contributed by atoms with E-state index in [1.807, 2.05) is 52.9 Å². The van der Waals surface area contributed by atoms with E-state index in [0.29, 0.717) is 5.95 Å². The fourth-order valence-electron chi connectivity index (χ4n) is 4.23. The summed E-state index contributed by atoms with van der Waals surface area (Å²) >= 11 is 0. The zero-order chi connectivity index (χ0) is 20.1. The number of ether oxygens (including phenoxy) is 1. The topological polar surface area (TPSA) is 94.0 Å². The molecular weight excluding hydrogens is 366 g/mol. The van der Waals surface area contributed by atoms with Gasteiger partial charge in [-0.25, -0.2) is 5.01 Å². The smallest absolute Gasteiger partial charge is 0.251 e. The van der Waals surface area contributed by atoms with Gasteiger partial charge in [-0.3, -0.25) is 9.58 Å². The monoisotopic (exact) mass is 383 g/mol. The summed E-state index contributed by atoms with van der Waals surface area (Å²) in [5, 5.41) is 32.1. The first-order valence-electron chi connectivity index (χ1n) is 9.20. The number of methoxy groups -OCH3 is 1. The maximum absolute atomic E-state index is 10.0. The predicted octanol–water partition coefficient (Wildman–Crippen LogP) is 2.91. The van der Waals surface area contributed by atoms with Gasteiger partial charge in [0.15, 0.2) is 6.04 Å². The molecule has 0 amide bonds. The summed E-state index contributed by atoms with van der Waals surface area (Å²) in [6.07, 6.45) is 1.64. The van der Waals surface area contributed by atoms with Crippen LogP contribution in [0.1, 0.15) is 17.2 Å². The molecule has 5 rings (SSSR count). The molecule has 2 aliphatic heterocycles. The lowest BCUT2D eigenvalue weighted by atomic mass is 9.90. The Kier molecular flexibility index (Phi) is 3.68. The molecule has 3 atom stereocenters. The molecule has 1 saturated heterocycles. The van der Waals surface area contributed by atoms with E-state index in [4.69, 9.17) is 4.74 Å². The van der Waals surface area contributed by atoms with E-state index in [1.54, 1.807) is 18.4 Å². The van der Waals surface area contributed by atoms with E-state index in [1.165, 1.54) is 0 Å². The van der Waals surface area contributed by atoms with Crippen LogP contribution < -0.4 is 14.8 Å². The lowest BCUT2D eigenvalue weighted by Gasteiger charge is -2.40. The summed E-state index contributed by atoms with van der Waals surface area (Å²) in [6, 6.07) is 17.4. The summed E-state index contributed by atoms with van der Waals surface area (Å²) in [4.78, 5) is 0. The number of aryl methyl sites for hydroxylation is 1. The second kappa shape index (κ2) is 6.25. The summed E-state index contributed by atoms with van der Waals surface area (Å²) in [7, 11) is 1.62. The maximum Gasteiger partial charge on any atom is 0.251 e. The van der Waals surface area contributed by atoms with Crippen LogP contribution in [0.25, 0.3) is 5.69 Å². The molecule has 8 heteroatoms. The molecule has 3 aromatic rings. The van der Waals surface area contributed by atoms with Crippen molar-refractivity contribution in [3.05, 3.63) is 59.9 Å². The molecule has 0 bridgehead atoms. The van der Waals surface area contributed by atoms with Crippen LogP contribution in [-0.2, 0) is 0 Å². The third kappa shape index (κ3) is 2.29. The number of fused-ring (bicyclic) bond motifs is 6. The Balaban J connectivity index is 1.76. The lowest BCUT2D eigenvalue weighted by molar-refractivity contribution is 0.414. The molecule has 142 valence electrons. The van der Waals surface area contributed by atoms with Gasteiger partial charge in [0.2, 0.25) is 0 Å². The van der Waals surface area contributed by atoms with Crippen molar-refractivity contribution in [2.24, 2.45) is 5.92 Å². The predicted molar refractivity (Wildman–Crippen MR) is 105 cm³/mol. The highest BCUT2D eigenvalue weighted by molar-refractivity contribution is 5.75. The van der Waals surface area contributed by atoms with Crippen LogP contribution in [0.3, 0.4) is 0 Å². The average Bonchev–Trinajstić information content (AvgIpc) is 3.36. The van der Waals surface area contributed by atoms with Gasteiger partial charge in [0.05, 0.1) is 36.7 Å². The molecule has 8 nitrogen and oxygen atoms in total. The third-order valence-electron chi connectivity index (χ3n) is 5.55. The van der Waals surface area contributed by atoms with Crippen molar-refractivity contribution in [3.8, 4) is 23.6 Å². The Morgan fingerprint density at radius 1 is 1.00 bits per heavy atom. The van der Waals surface area contributed by atoms with Crippen LogP contribution in [0, 0.1) is 35.5 Å². The number of nitriles is 2. The highest BCUT2D eigenvalue weighted by atomic mass is 16.5. The van der Waals surface area contributed by atoms with Gasteiger partial charge >= 0.3 is 0 Å². The van der Waals surface area contributed by atoms with Crippen molar-refractivity contribution < 1.29 is 4.74 Å². The molecule has 0 N–H and O–H groups in total. The number of hydrogen-bond donors (Lipinski definition) is 0. The molecule has 0 saturated carbocycles. The van der Waals surface area contributed by atoms with Crippen LogP contribution in [0.4, 0.5) is 11.6 Å². The van der Waals surface area contributed by atoms with E-state index in [9.17, 15) is 10.5 Å². The summed E-state index contributed by atoms with van der Waals surface area (Å²) in [6.45, 7) is 2.02. The molecule has 2 aliphatic rings. The number of aromatic nitrogens is 3. The second-order valence-corrected chi connectivity index (χ2v) is 7.13. The molecule has 2 aromatic carbocycles. The largest absolute Gasteiger partial charge is 0.497 e. The Morgan fingerprint density at radius 2 is 1.79 bits per heavy atom. The Bertz CT molecular complexity index is 1170. The number of anilines is 2. The molecule has 1 aromatic heterocycles. The van der Waals surface area contributed by atoms with Gasteiger partial charge in [-0.2, -0.15) is 10.5 Å².